The Morgan fingerprint density at radius 3 is 2.75 bits per heavy atom. The third-order valence-electron chi connectivity index (χ3n) is 0.788. The third-order valence-corrected chi connectivity index (χ3v) is 1.69. The van der Waals surface area contributed by atoms with Crippen LogP contribution in [0.25, 0.3) is 0 Å². The van der Waals surface area contributed by atoms with Gasteiger partial charge in [-0.2, -0.15) is 0 Å². The van der Waals surface area contributed by atoms with E-state index in [-0.39, 0.29) is 0 Å². The molecule has 0 aromatic carbocycles. The van der Waals surface area contributed by atoms with Gasteiger partial charge < -0.3 is 0 Å². The van der Waals surface area contributed by atoms with Crippen LogP contribution < -0.4 is 0 Å². The van der Waals surface area contributed by atoms with Crippen LogP contribution in [0.15, 0.2) is 22.3 Å². The van der Waals surface area contributed by atoms with Crippen molar-refractivity contribution >= 4 is 22.6 Å². The maximum atomic E-state index is 3.60. The lowest BCUT2D eigenvalue weighted by atomic mass is 10.3. The zero-order valence-electron chi connectivity index (χ0n) is 5.15. The lowest BCUT2D eigenvalue weighted by molar-refractivity contribution is 0.954. The van der Waals surface area contributed by atoms with Gasteiger partial charge in [-0.05, 0) is 32.6 Å². The normalized spacial score (nSPS) is 11.5. The molecule has 0 aliphatic heterocycles. The number of allylic oxidation sites excluding steroid dienone is 3. The first-order valence-electron chi connectivity index (χ1n) is 2.78. The van der Waals surface area contributed by atoms with Crippen molar-refractivity contribution in [3.8, 4) is 0 Å². The molecular weight excluding hydrogens is 211 g/mol. The number of hydrogen-bond donors (Lipinski definition) is 0. The van der Waals surface area contributed by atoms with Gasteiger partial charge in [-0.15, -0.1) is 0 Å². The molecule has 0 spiro atoms. The molecule has 0 saturated heterocycles. The molecule has 46 valence electrons. The molecule has 0 atom stereocenters. The highest BCUT2D eigenvalue weighted by atomic mass is 127. The SMILES string of the molecule is C=C/C=C(/I)CCC. The lowest BCUT2D eigenvalue weighted by Crippen LogP contribution is -1.66. The fraction of sp³-hybridized carbons (Fsp3) is 0.429. The molecule has 0 aromatic heterocycles. The zero-order valence-corrected chi connectivity index (χ0v) is 7.31. The third kappa shape index (κ3) is 4.37. The maximum Gasteiger partial charge on any atom is -0.00944 e. The minimum absolute atomic E-state index is 1.19. The molecule has 0 nitrogen and oxygen atoms in total. The second-order valence-corrected chi connectivity index (χ2v) is 2.98. The first-order chi connectivity index (χ1) is 3.81. The van der Waals surface area contributed by atoms with Gasteiger partial charge in [0.05, 0.1) is 0 Å². The van der Waals surface area contributed by atoms with E-state index in [0.29, 0.717) is 0 Å². The minimum atomic E-state index is 1.19. The molecule has 0 radical (unpaired) electrons. The molecular formula is C7H11I. The topological polar surface area (TPSA) is 0 Å². The van der Waals surface area contributed by atoms with E-state index in [1.807, 2.05) is 12.2 Å². The standard InChI is InChI=1S/C7H11I/c1-3-5-7(8)6-4-2/h3,5H,1,4,6H2,2H3/b7-5+. The summed E-state index contributed by atoms with van der Waals surface area (Å²) in [7, 11) is 0. The van der Waals surface area contributed by atoms with Gasteiger partial charge in [-0.25, -0.2) is 0 Å². The molecule has 0 fully saturated rings. The number of rotatable bonds is 3. The predicted octanol–water partition coefficient (Wildman–Crippen LogP) is 3.29. The Balaban J connectivity index is 3.44. The van der Waals surface area contributed by atoms with Crippen molar-refractivity contribution in [3.63, 3.8) is 0 Å². The summed E-state index contributed by atoms with van der Waals surface area (Å²) in [4.78, 5) is 0. The summed E-state index contributed by atoms with van der Waals surface area (Å²) >= 11 is 2.33. The van der Waals surface area contributed by atoms with Gasteiger partial charge in [0.25, 0.3) is 0 Å². The van der Waals surface area contributed by atoms with Crippen molar-refractivity contribution in [2.75, 3.05) is 0 Å². The first kappa shape index (κ1) is 8.21. The van der Waals surface area contributed by atoms with Crippen molar-refractivity contribution in [3.05, 3.63) is 22.3 Å². The zero-order chi connectivity index (χ0) is 6.41. The van der Waals surface area contributed by atoms with Crippen LogP contribution in [-0.2, 0) is 0 Å². The average molecular weight is 222 g/mol. The molecule has 0 rings (SSSR count). The van der Waals surface area contributed by atoms with E-state index >= 15 is 0 Å². The van der Waals surface area contributed by atoms with Gasteiger partial charge in [0.15, 0.2) is 0 Å². The second kappa shape index (κ2) is 5.35. The highest BCUT2D eigenvalue weighted by Crippen LogP contribution is 2.12. The van der Waals surface area contributed by atoms with E-state index in [2.05, 4.69) is 36.1 Å². The minimum Gasteiger partial charge on any atom is -0.0990 e. The van der Waals surface area contributed by atoms with Gasteiger partial charge in [0.1, 0.15) is 0 Å². The Labute approximate surface area is 64.8 Å². The molecule has 0 aliphatic rings. The molecule has 0 heterocycles. The van der Waals surface area contributed by atoms with Crippen LogP contribution in [0.3, 0.4) is 0 Å². The van der Waals surface area contributed by atoms with Gasteiger partial charge >= 0.3 is 0 Å². The van der Waals surface area contributed by atoms with Gasteiger partial charge in [0.2, 0.25) is 0 Å². The number of halogens is 1. The Morgan fingerprint density at radius 1 is 1.75 bits per heavy atom. The molecule has 8 heavy (non-hydrogen) atoms. The van der Waals surface area contributed by atoms with Crippen molar-refractivity contribution in [2.24, 2.45) is 0 Å². The molecule has 1 heteroatoms. The lowest BCUT2D eigenvalue weighted by Gasteiger charge is -1.89. The summed E-state index contributed by atoms with van der Waals surface area (Å²) < 4.78 is 1.39. The maximum absolute atomic E-state index is 3.60. The fourth-order valence-corrected chi connectivity index (χ4v) is 1.24. The van der Waals surface area contributed by atoms with E-state index < -0.39 is 0 Å². The Morgan fingerprint density at radius 2 is 2.38 bits per heavy atom. The molecule has 0 N–H and O–H groups in total. The van der Waals surface area contributed by atoms with Crippen LogP contribution >= 0.6 is 22.6 Å². The molecule has 0 saturated carbocycles. The summed E-state index contributed by atoms with van der Waals surface area (Å²) in [5.74, 6) is 0. The van der Waals surface area contributed by atoms with Gasteiger partial charge in [0, 0.05) is 0 Å². The summed E-state index contributed by atoms with van der Waals surface area (Å²) in [6, 6.07) is 0. The van der Waals surface area contributed by atoms with Crippen molar-refractivity contribution < 1.29 is 0 Å². The summed E-state index contributed by atoms with van der Waals surface area (Å²) in [6.45, 7) is 5.78. The van der Waals surface area contributed by atoms with E-state index in [0.717, 1.165) is 0 Å². The van der Waals surface area contributed by atoms with Crippen molar-refractivity contribution in [2.45, 2.75) is 19.8 Å². The van der Waals surface area contributed by atoms with Crippen molar-refractivity contribution in [1.29, 1.82) is 0 Å². The van der Waals surface area contributed by atoms with Crippen LogP contribution in [0.2, 0.25) is 0 Å². The van der Waals surface area contributed by atoms with E-state index in [1.165, 1.54) is 16.4 Å². The van der Waals surface area contributed by atoms with E-state index in [4.69, 9.17) is 0 Å². The molecule has 0 aliphatic carbocycles. The molecule has 0 aromatic rings. The fourth-order valence-electron chi connectivity index (χ4n) is 0.450. The highest BCUT2D eigenvalue weighted by Gasteiger charge is 1.83. The van der Waals surface area contributed by atoms with E-state index in [1.54, 1.807) is 0 Å². The second-order valence-electron chi connectivity index (χ2n) is 1.60. The largest absolute Gasteiger partial charge is 0.0990 e. The van der Waals surface area contributed by atoms with Crippen LogP contribution in [0.5, 0.6) is 0 Å². The quantitative estimate of drug-likeness (QED) is 0.507. The summed E-state index contributed by atoms with van der Waals surface area (Å²) in [5, 5.41) is 0. The van der Waals surface area contributed by atoms with Crippen LogP contribution in [0.4, 0.5) is 0 Å². The monoisotopic (exact) mass is 222 g/mol. The smallest absolute Gasteiger partial charge is 0.00944 e. The molecule has 0 amide bonds. The Bertz CT molecular complexity index is 92.6. The Hall–Kier alpha value is 0.210. The molecule has 0 bridgehead atoms. The first-order valence-corrected chi connectivity index (χ1v) is 3.86. The van der Waals surface area contributed by atoms with Crippen LogP contribution in [-0.4, -0.2) is 0 Å². The summed E-state index contributed by atoms with van der Waals surface area (Å²) in [6.07, 6.45) is 6.29. The predicted molar refractivity (Wildman–Crippen MR) is 47.2 cm³/mol. The highest BCUT2D eigenvalue weighted by molar-refractivity contribution is 14.1. The van der Waals surface area contributed by atoms with E-state index in [9.17, 15) is 0 Å². The number of hydrogen-bond acceptors (Lipinski definition) is 0. The van der Waals surface area contributed by atoms with Crippen LogP contribution in [0.1, 0.15) is 19.8 Å². The summed E-state index contributed by atoms with van der Waals surface area (Å²) in [5.41, 5.74) is 0. The van der Waals surface area contributed by atoms with Crippen LogP contribution in [0, 0.1) is 0 Å². The van der Waals surface area contributed by atoms with Crippen molar-refractivity contribution in [1.82, 2.24) is 0 Å². The average Bonchev–Trinajstić information content (AvgIpc) is 1.68. The van der Waals surface area contributed by atoms with Gasteiger partial charge in [-0.3, -0.25) is 0 Å². The Kier molecular flexibility index (Phi) is 5.49. The molecule has 0 unspecified atom stereocenters. The van der Waals surface area contributed by atoms with Gasteiger partial charge in [-0.1, -0.05) is 32.1 Å².